The van der Waals surface area contributed by atoms with Crippen molar-refractivity contribution in [3.8, 4) is 0 Å². The topological polar surface area (TPSA) is 77.9 Å². The molecule has 3 unspecified atom stereocenters. The van der Waals surface area contributed by atoms with Crippen LogP contribution in [0.4, 0.5) is 0 Å². The molecule has 1 N–H and O–H groups in total. The number of carboxylic acids is 1. The summed E-state index contributed by atoms with van der Waals surface area (Å²) in [7, 11) is 1.69. The van der Waals surface area contributed by atoms with Crippen LogP contribution >= 0.6 is 0 Å². The lowest BCUT2D eigenvalue weighted by atomic mass is 9.95. The Kier molecular flexibility index (Phi) is 4.44. The summed E-state index contributed by atoms with van der Waals surface area (Å²) in [6, 6.07) is 8.37. The fraction of sp³-hybridized carbons (Fsp3) is 0.571. The van der Waals surface area contributed by atoms with Crippen LogP contribution in [0.3, 0.4) is 0 Å². The standard InChI is InChI=1S/C21H26N2O4/c1-22(13-18(24)23-10-4-6-15(12-23)20(26)27)19(25)17-11-21(17)9-8-14-5-2-3-7-16(14)21/h2-3,5,7,15,17H,4,6,8-13H2,1H3,(H,26,27). The van der Waals surface area contributed by atoms with Gasteiger partial charge in [0.2, 0.25) is 11.8 Å². The maximum Gasteiger partial charge on any atom is 0.308 e. The number of carbonyl (C=O) groups excluding carboxylic acids is 2. The molecule has 3 aliphatic rings. The van der Waals surface area contributed by atoms with E-state index in [1.165, 1.54) is 16.0 Å². The second-order valence-electron chi connectivity index (χ2n) is 8.28. The van der Waals surface area contributed by atoms with Gasteiger partial charge in [0.25, 0.3) is 0 Å². The van der Waals surface area contributed by atoms with E-state index in [0.29, 0.717) is 19.4 Å². The van der Waals surface area contributed by atoms with E-state index in [1.54, 1.807) is 11.9 Å². The molecule has 1 saturated carbocycles. The van der Waals surface area contributed by atoms with Gasteiger partial charge < -0.3 is 14.9 Å². The molecule has 0 aromatic heterocycles. The van der Waals surface area contributed by atoms with Gasteiger partial charge in [-0.25, -0.2) is 0 Å². The molecule has 4 rings (SSSR count). The summed E-state index contributed by atoms with van der Waals surface area (Å²) < 4.78 is 0. The minimum Gasteiger partial charge on any atom is -0.481 e. The maximum atomic E-state index is 12.9. The zero-order valence-electron chi connectivity index (χ0n) is 15.7. The molecule has 1 aromatic rings. The Morgan fingerprint density at radius 3 is 2.85 bits per heavy atom. The number of fused-ring (bicyclic) bond motifs is 2. The second-order valence-corrected chi connectivity index (χ2v) is 8.28. The highest BCUT2D eigenvalue weighted by Crippen LogP contribution is 2.61. The monoisotopic (exact) mass is 370 g/mol. The molecular weight excluding hydrogens is 344 g/mol. The van der Waals surface area contributed by atoms with E-state index >= 15 is 0 Å². The first-order chi connectivity index (χ1) is 12.9. The number of likely N-dealkylation sites (tertiary alicyclic amines) is 1. The maximum absolute atomic E-state index is 12.9. The number of aliphatic carboxylic acids is 1. The molecule has 0 bridgehead atoms. The number of carboxylic acid groups (broad SMARTS) is 1. The van der Waals surface area contributed by atoms with Crippen LogP contribution in [0.25, 0.3) is 0 Å². The van der Waals surface area contributed by atoms with Gasteiger partial charge in [0.15, 0.2) is 0 Å². The predicted molar refractivity (Wildman–Crippen MR) is 99.1 cm³/mol. The summed E-state index contributed by atoms with van der Waals surface area (Å²) in [5.41, 5.74) is 2.63. The summed E-state index contributed by atoms with van der Waals surface area (Å²) in [6.07, 6.45) is 4.21. The first-order valence-corrected chi connectivity index (χ1v) is 9.76. The fourth-order valence-corrected chi connectivity index (χ4v) is 4.97. The zero-order valence-corrected chi connectivity index (χ0v) is 15.7. The van der Waals surface area contributed by atoms with Crippen molar-refractivity contribution in [2.75, 3.05) is 26.7 Å². The SMILES string of the molecule is CN(CC(=O)N1CCCC(C(=O)O)C1)C(=O)C1CC12CCc1ccccc12. The van der Waals surface area contributed by atoms with Gasteiger partial charge in [-0.3, -0.25) is 14.4 Å². The molecule has 1 spiro atoms. The van der Waals surface area contributed by atoms with E-state index < -0.39 is 11.9 Å². The minimum atomic E-state index is -0.850. The van der Waals surface area contributed by atoms with Crippen LogP contribution in [-0.2, 0) is 26.2 Å². The Bertz CT molecular complexity index is 792. The van der Waals surface area contributed by atoms with Crippen molar-refractivity contribution in [1.29, 1.82) is 0 Å². The lowest BCUT2D eigenvalue weighted by molar-refractivity contribution is -0.147. The molecule has 6 nitrogen and oxygen atoms in total. The summed E-state index contributed by atoms with van der Waals surface area (Å²) in [5, 5.41) is 9.18. The van der Waals surface area contributed by atoms with Crippen molar-refractivity contribution in [2.24, 2.45) is 11.8 Å². The van der Waals surface area contributed by atoms with E-state index in [1.807, 2.05) is 12.1 Å². The Balaban J connectivity index is 1.37. The molecule has 2 aliphatic carbocycles. The number of carbonyl (C=O) groups is 3. The number of benzene rings is 1. The number of aryl methyl sites for hydroxylation is 1. The molecule has 1 aromatic carbocycles. The molecule has 144 valence electrons. The molecule has 1 saturated heterocycles. The molecule has 2 fully saturated rings. The van der Waals surface area contributed by atoms with E-state index in [-0.39, 0.29) is 36.2 Å². The van der Waals surface area contributed by atoms with Crippen LogP contribution in [0.2, 0.25) is 0 Å². The molecule has 3 atom stereocenters. The quantitative estimate of drug-likeness (QED) is 0.875. The van der Waals surface area contributed by atoms with Gasteiger partial charge >= 0.3 is 5.97 Å². The highest BCUT2D eigenvalue weighted by atomic mass is 16.4. The second kappa shape index (κ2) is 6.66. The summed E-state index contributed by atoms with van der Waals surface area (Å²) in [6.45, 7) is 0.849. The first-order valence-electron chi connectivity index (χ1n) is 9.76. The van der Waals surface area contributed by atoms with Gasteiger partial charge in [0, 0.05) is 31.5 Å². The molecule has 27 heavy (non-hydrogen) atoms. The van der Waals surface area contributed by atoms with Gasteiger partial charge in [-0.15, -0.1) is 0 Å². The van der Waals surface area contributed by atoms with E-state index in [0.717, 1.165) is 19.3 Å². The average molecular weight is 370 g/mol. The zero-order chi connectivity index (χ0) is 19.2. The minimum absolute atomic E-state index is 0.0233. The largest absolute Gasteiger partial charge is 0.481 e. The lowest BCUT2D eigenvalue weighted by Gasteiger charge is -2.32. The molecule has 1 heterocycles. The van der Waals surface area contributed by atoms with Crippen LogP contribution < -0.4 is 0 Å². The van der Waals surface area contributed by atoms with Crippen molar-refractivity contribution in [2.45, 2.75) is 37.5 Å². The van der Waals surface area contributed by atoms with E-state index in [9.17, 15) is 19.5 Å². The molecule has 2 amide bonds. The van der Waals surface area contributed by atoms with E-state index in [2.05, 4.69) is 12.1 Å². The van der Waals surface area contributed by atoms with Gasteiger partial charge in [-0.05, 0) is 43.2 Å². The van der Waals surface area contributed by atoms with Crippen LogP contribution in [0.15, 0.2) is 24.3 Å². The number of nitrogens with zero attached hydrogens (tertiary/aromatic N) is 2. The van der Waals surface area contributed by atoms with Crippen LogP contribution in [0, 0.1) is 11.8 Å². The number of likely N-dealkylation sites (N-methyl/N-ethyl adjacent to an activating group) is 1. The average Bonchev–Trinajstić information content (AvgIpc) is 3.29. The number of rotatable bonds is 4. The third kappa shape index (κ3) is 3.11. The first kappa shape index (κ1) is 18.0. The fourth-order valence-electron chi connectivity index (χ4n) is 4.97. The third-order valence-corrected chi connectivity index (χ3v) is 6.64. The highest BCUT2D eigenvalue weighted by molar-refractivity contribution is 5.89. The van der Waals surface area contributed by atoms with Crippen LogP contribution in [-0.4, -0.2) is 59.4 Å². The Hall–Kier alpha value is -2.37. The van der Waals surface area contributed by atoms with Crippen molar-refractivity contribution >= 4 is 17.8 Å². The molecule has 0 radical (unpaired) electrons. The van der Waals surface area contributed by atoms with Gasteiger partial charge in [-0.2, -0.15) is 0 Å². The number of amides is 2. The Labute approximate surface area is 159 Å². The smallest absolute Gasteiger partial charge is 0.308 e. The van der Waals surface area contributed by atoms with Crippen LogP contribution in [0.5, 0.6) is 0 Å². The van der Waals surface area contributed by atoms with Gasteiger partial charge in [-0.1, -0.05) is 24.3 Å². The van der Waals surface area contributed by atoms with Gasteiger partial charge in [0.1, 0.15) is 0 Å². The third-order valence-electron chi connectivity index (χ3n) is 6.64. The molecule has 6 heteroatoms. The van der Waals surface area contributed by atoms with Gasteiger partial charge in [0.05, 0.1) is 12.5 Å². The Morgan fingerprint density at radius 1 is 1.30 bits per heavy atom. The summed E-state index contributed by atoms with van der Waals surface area (Å²) >= 11 is 0. The summed E-state index contributed by atoms with van der Waals surface area (Å²) in [4.78, 5) is 39.8. The Morgan fingerprint density at radius 2 is 2.07 bits per heavy atom. The van der Waals surface area contributed by atoms with Crippen molar-refractivity contribution in [3.05, 3.63) is 35.4 Å². The lowest BCUT2D eigenvalue weighted by Crippen LogP contribution is -2.47. The van der Waals surface area contributed by atoms with Crippen LogP contribution in [0.1, 0.15) is 36.8 Å². The van der Waals surface area contributed by atoms with Crippen molar-refractivity contribution in [1.82, 2.24) is 9.80 Å². The predicted octanol–water partition coefficient (Wildman–Crippen LogP) is 1.67. The summed E-state index contributed by atoms with van der Waals surface area (Å²) in [5.74, 6) is -1.50. The van der Waals surface area contributed by atoms with Crippen molar-refractivity contribution in [3.63, 3.8) is 0 Å². The number of hydrogen-bond donors (Lipinski definition) is 1. The molecule has 1 aliphatic heterocycles. The number of piperidine rings is 1. The molecular formula is C21H26N2O4. The number of hydrogen-bond acceptors (Lipinski definition) is 3. The van der Waals surface area contributed by atoms with E-state index in [4.69, 9.17) is 0 Å². The highest BCUT2D eigenvalue weighted by Gasteiger charge is 2.61. The normalized spacial score (nSPS) is 28.7. The van der Waals surface area contributed by atoms with Crippen molar-refractivity contribution < 1.29 is 19.5 Å².